The molecule has 1 aromatic heterocycles. The average molecular weight is 283 g/mol. The minimum Gasteiger partial charge on any atom is -0.306 e. The number of hydrogen-bond donors (Lipinski definition) is 1. The Morgan fingerprint density at radius 1 is 1.42 bits per heavy atom. The van der Waals surface area contributed by atoms with Crippen LogP contribution in [0, 0.1) is 11.3 Å². The normalized spacial score (nSPS) is 20.1. The van der Waals surface area contributed by atoms with Crippen molar-refractivity contribution in [3.05, 3.63) is 12.4 Å². The van der Waals surface area contributed by atoms with Crippen LogP contribution in [0.4, 0.5) is 0 Å². The molecule has 0 atom stereocenters. The van der Waals surface area contributed by atoms with E-state index in [-0.39, 0.29) is 4.90 Å². The third kappa shape index (κ3) is 2.94. The number of sulfonamides is 1. The van der Waals surface area contributed by atoms with Gasteiger partial charge in [-0.1, -0.05) is 0 Å². The average Bonchev–Trinajstić information content (AvgIpc) is 2.80. The SMILES string of the molecule is CN1CCC(C#N)(NS(=O)(=O)c2cnn(C)c2)CC1. The Kier molecular flexibility index (Phi) is 3.62. The van der Waals surface area contributed by atoms with Crippen LogP contribution in [0.15, 0.2) is 17.3 Å². The summed E-state index contributed by atoms with van der Waals surface area (Å²) in [4.78, 5) is 2.16. The van der Waals surface area contributed by atoms with E-state index in [1.54, 1.807) is 7.05 Å². The first-order chi connectivity index (χ1) is 8.87. The molecular weight excluding hydrogens is 266 g/mol. The first-order valence-corrected chi connectivity index (χ1v) is 7.48. The second kappa shape index (κ2) is 4.92. The third-order valence-electron chi connectivity index (χ3n) is 3.38. The number of rotatable bonds is 3. The van der Waals surface area contributed by atoms with Crippen LogP contribution in [0.1, 0.15) is 12.8 Å². The highest BCUT2D eigenvalue weighted by atomic mass is 32.2. The standard InChI is InChI=1S/C11H17N5O2S/c1-15-5-3-11(9-12,4-6-15)14-19(17,18)10-7-13-16(2)8-10/h7-8,14H,3-6H2,1-2H3. The molecule has 1 saturated heterocycles. The number of nitrogens with zero attached hydrogens (tertiary/aromatic N) is 4. The Labute approximate surface area is 112 Å². The number of nitriles is 1. The van der Waals surface area contributed by atoms with Crippen molar-refractivity contribution in [2.45, 2.75) is 23.3 Å². The van der Waals surface area contributed by atoms with Gasteiger partial charge in [-0.15, -0.1) is 0 Å². The van der Waals surface area contributed by atoms with Crippen LogP contribution in [0.25, 0.3) is 0 Å². The van der Waals surface area contributed by atoms with Crippen molar-refractivity contribution in [1.82, 2.24) is 19.4 Å². The lowest BCUT2D eigenvalue weighted by Gasteiger charge is -2.35. The molecule has 0 aromatic carbocycles. The van der Waals surface area contributed by atoms with E-state index in [4.69, 9.17) is 0 Å². The van der Waals surface area contributed by atoms with Gasteiger partial charge in [-0.25, -0.2) is 8.42 Å². The van der Waals surface area contributed by atoms with Crippen molar-refractivity contribution >= 4 is 10.0 Å². The van der Waals surface area contributed by atoms with Gasteiger partial charge in [0.1, 0.15) is 10.4 Å². The molecule has 0 amide bonds. The molecule has 19 heavy (non-hydrogen) atoms. The summed E-state index contributed by atoms with van der Waals surface area (Å²) in [5, 5.41) is 13.2. The predicted molar refractivity (Wildman–Crippen MR) is 68.6 cm³/mol. The predicted octanol–water partition coefficient (Wildman–Crippen LogP) is -0.314. The zero-order valence-electron chi connectivity index (χ0n) is 11.0. The molecule has 1 fully saturated rings. The van der Waals surface area contributed by atoms with Crippen molar-refractivity contribution in [1.29, 1.82) is 5.26 Å². The third-order valence-corrected chi connectivity index (χ3v) is 4.87. The molecule has 104 valence electrons. The van der Waals surface area contributed by atoms with E-state index < -0.39 is 15.6 Å². The van der Waals surface area contributed by atoms with E-state index in [1.807, 2.05) is 7.05 Å². The fraction of sp³-hybridized carbons (Fsp3) is 0.636. The number of piperidine rings is 1. The summed E-state index contributed by atoms with van der Waals surface area (Å²) in [6, 6.07) is 2.13. The number of likely N-dealkylation sites (tertiary alicyclic amines) is 1. The quantitative estimate of drug-likeness (QED) is 0.821. The van der Waals surface area contributed by atoms with E-state index in [0.717, 1.165) is 0 Å². The van der Waals surface area contributed by atoms with Gasteiger partial charge in [0, 0.05) is 26.3 Å². The van der Waals surface area contributed by atoms with Crippen LogP contribution in [-0.4, -0.2) is 48.8 Å². The summed E-state index contributed by atoms with van der Waals surface area (Å²) in [5.41, 5.74) is -1.01. The molecule has 0 radical (unpaired) electrons. The molecule has 7 nitrogen and oxygen atoms in total. The second-order valence-electron chi connectivity index (χ2n) is 4.95. The summed E-state index contributed by atoms with van der Waals surface area (Å²) < 4.78 is 28.4. The molecule has 0 saturated carbocycles. The summed E-state index contributed by atoms with van der Waals surface area (Å²) in [6.07, 6.45) is 3.67. The lowest BCUT2D eigenvalue weighted by Crippen LogP contribution is -2.53. The first-order valence-electron chi connectivity index (χ1n) is 5.99. The Hall–Kier alpha value is -1.43. The Bertz CT molecular complexity index is 593. The summed E-state index contributed by atoms with van der Waals surface area (Å²) in [5.74, 6) is 0. The molecule has 0 bridgehead atoms. The highest BCUT2D eigenvalue weighted by molar-refractivity contribution is 7.89. The molecule has 1 aliphatic rings. The molecule has 1 aromatic rings. The summed E-state index contributed by atoms with van der Waals surface area (Å²) in [7, 11) is -0.0987. The second-order valence-corrected chi connectivity index (χ2v) is 6.63. The molecule has 0 unspecified atom stereocenters. The molecule has 1 aliphatic heterocycles. The molecule has 2 heterocycles. The van der Waals surface area contributed by atoms with E-state index in [0.29, 0.717) is 25.9 Å². The minimum absolute atomic E-state index is 0.0866. The van der Waals surface area contributed by atoms with Crippen LogP contribution in [0.5, 0.6) is 0 Å². The van der Waals surface area contributed by atoms with Crippen LogP contribution in [-0.2, 0) is 17.1 Å². The van der Waals surface area contributed by atoms with Gasteiger partial charge in [0.15, 0.2) is 0 Å². The number of nitrogens with one attached hydrogen (secondary N) is 1. The zero-order chi connectivity index (χ0) is 14.1. The molecule has 0 spiro atoms. The summed E-state index contributed by atoms with van der Waals surface area (Å²) in [6.45, 7) is 1.40. The van der Waals surface area contributed by atoms with Crippen LogP contribution in [0.2, 0.25) is 0 Å². The van der Waals surface area contributed by atoms with Crippen molar-refractivity contribution < 1.29 is 8.42 Å². The largest absolute Gasteiger partial charge is 0.306 e. The van der Waals surface area contributed by atoms with E-state index in [9.17, 15) is 13.7 Å². The fourth-order valence-corrected chi connectivity index (χ4v) is 3.45. The first kappa shape index (κ1) is 14.0. The van der Waals surface area contributed by atoms with Gasteiger partial charge in [-0.05, 0) is 19.9 Å². The van der Waals surface area contributed by atoms with E-state index >= 15 is 0 Å². The van der Waals surface area contributed by atoms with Gasteiger partial charge in [0.2, 0.25) is 10.0 Å². The van der Waals surface area contributed by atoms with Gasteiger partial charge >= 0.3 is 0 Å². The Morgan fingerprint density at radius 2 is 2.05 bits per heavy atom. The lowest BCUT2D eigenvalue weighted by molar-refractivity contribution is 0.213. The number of aromatic nitrogens is 2. The van der Waals surface area contributed by atoms with Crippen LogP contribution in [0.3, 0.4) is 0 Å². The van der Waals surface area contributed by atoms with Crippen molar-refractivity contribution in [3.63, 3.8) is 0 Å². The number of hydrogen-bond acceptors (Lipinski definition) is 5. The van der Waals surface area contributed by atoms with Gasteiger partial charge < -0.3 is 4.90 Å². The molecule has 0 aliphatic carbocycles. The van der Waals surface area contributed by atoms with Crippen molar-refractivity contribution in [2.75, 3.05) is 20.1 Å². The van der Waals surface area contributed by atoms with Crippen molar-refractivity contribution in [2.24, 2.45) is 7.05 Å². The van der Waals surface area contributed by atoms with E-state index in [2.05, 4.69) is 20.8 Å². The highest BCUT2D eigenvalue weighted by Crippen LogP contribution is 2.23. The molecule has 8 heteroatoms. The van der Waals surface area contributed by atoms with Crippen LogP contribution >= 0.6 is 0 Å². The van der Waals surface area contributed by atoms with Crippen molar-refractivity contribution in [3.8, 4) is 6.07 Å². The van der Waals surface area contributed by atoms with E-state index in [1.165, 1.54) is 17.1 Å². The maximum absolute atomic E-state index is 12.2. The molecule has 1 N–H and O–H groups in total. The van der Waals surface area contributed by atoms with Gasteiger partial charge in [-0.2, -0.15) is 15.1 Å². The maximum atomic E-state index is 12.2. The Morgan fingerprint density at radius 3 is 2.53 bits per heavy atom. The number of aryl methyl sites for hydroxylation is 1. The highest BCUT2D eigenvalue weighted by Gasteiger charge is 2.38. The molecule has 2 rings (SSSR count). The monoisotopic (exact) mass is 283 g/mol. The zero-order valence-corrected chi connectivity index (χ0v) is 11.8. The van der Waals surface area contributed by atoms with Gasteiger partial charge in [0.05, 0.1) is 12.3 Å². The topological polar surface area (TPSA) is 91.0 Å². The van der Waals surface area contributed by atoms with Gasteiger partial charge in [-0.3, -0.25) is 4.68 Å². The fourth-order valence-electron chi connectivity index (χ4n) is 2.09. The Balaban J connectivity index is 2.21. The lowest BCUT2D eigenvalue weighted by atomic mass is 9.91. The summed E-state index contributed by atoms with van der Waals surface area (Å²) >= 11 is 0. The minimum atomic E-state index is -3.70. The maximum Gasteiger partial charge on any atom is 0.245 e. The van der Waals surface area contributed by atoms with Gasteiger partial charge in [0.25, 0.3) is 0 Å². The van der Waals surface area contributed by atoms with Crippen LogP contribution < -0.4 is 4.72 Å². The molecular formula is C11H17N5O2S. The smallest absolute Gasteiger partial charge is 0.245 e.